The maximum atomic E-state index is 11.6. The number of carbonyl (C=O) groups is 2. The van der Waals surface area contributed by atoms with Gasteiger partial charge in [0.25, 0.3) is 0 Å². The van der Waals surface area contributed by atoms with Gasteiger partial charge in [0.2, 0.25) is 5.91 Å². The second kappa shape index (κ2) is 6.81. The maximum Gasteiger partial charge on any atom is 0.320 e. The largest absolute Gasteiger partial charge is 0.465 e. The summed E-state index contributed by atoms with van der Waals surface area (Å²) in [6, 6.07) is 0.449. The minimum absolute atomic E-state index is 0.128. The first-order valence-electron chi connectivity index (χ1n) is 6.70. The monoisotopic (exact) mass is 297 g/mol. The van der Waals surface area contributed by atoms with E-state index in [2.05, 4.69) is 15.2 Å². The van der Waals surface area contributed by atoms with Crippen molar-refractivity contribution in [1.82, 2.24) is 9.88 Å². The van der Waals surface area contributed by atoms with Crippen LogP contribution in [0.15, 0.2) is 5.38 Å². The molecule has 1 aliphatic rings. The summed E-state index contributed by atoms with van der Waals surface area (Å²) in [6.07, 6.45) is 2.23. The van der Waals surface area contributed by atoms with Crippen LogP contribution >= 0.6 is 11.3 Å². The fourth-order valence-corrected chi connectivity index (χ4v) is 2.67. The Hall–Kier alpha value is -1.47. The number of carbonyl (C=O) groups excluding carboxylic acids is 2. The Bertz CT molecular complexity index is 485. The molecule has 0 atom stereocenters. The molecule has 110 valence electrons. The summed E-state index contributed by atoms with van der Waals surface area (Å²) in [7, 11) is 0. The molecule has 6 nitrogen and oxygen atoms in total. The highest BCUT2D eigenvalue weighted by Gasteiger charge is 2.31. The Balaban J connectivity index is 1.92. The average Bonchev–Trinajstić information content (AvgIpc) is 3.12. The molecular weight excluding hydrogens is 278 g/mol. The number of rotatable bonds is 7. The Morgan fingerprint density at radius 3 is 2.90 bits per heavy atom. The van der Waals surface area contributed by atoms with Crippen molar-refractivity contribution < 1.29 is 14.3 Å². The van der Waals surface area contributed by atoms with Gasteiger partial charge >= 0.3 is 5.97 Å². The predicted molar refractivity (Wildman–Crippen MR) is 76.5 cm³/mol. The molecule has 0 spiro atoms. The third-order valence-corrected chi connectivity index (χ3v) is 3.71. The number of nitrogens with one attached hydrogen (secondary N) is 1. The summed E-state index contributed by atoms with van der Waals surface area (Å²) < 4.78 is 4.99. The molecule has 20 heavy (non-hydrogen) atoms. The van der Waals surface area contributed by atoms with E-state index in [4.69, 9.17) is 4.74 Å². The first-order valence-corrected chi connectivity index (χ1v) is 7.58. The Labute approximate surface area is 122 Å². The SMILES string of the molecule is CCOC(=O)CN(Cc1csc(NC(C)=O)n1)C1CC1. The molecule has 1 aromatic rings. The van der Waals surface area contributed by atoms with E-state index >= 15 is 0 Å². The van der Waals surface area contributed by atoms with Gasteiger partial charge in [0.05, 0.1) is 18.8 Å². The third-order valence-electron chi connectivity index (χ3n) is 2.90. The smallest absolute Gasteiger partial charge is 0.320 e. The molecule has 0 unspecified atom stereocenters. The lowest BCUT2D eigenvalue weighted by atomic mass is 10.4. The highest BCUT2D eigenvalue weighted by molar-refractivity contribution is 7.13. The van der Waals surface area contributed by atoms with Crippen LogP contribution in [0.3, 0.4) is 0 Å². The van der Waals surface area contributed by atoms with E-state index in [9.17, 15) is 9.59 Å². The van der Waals surface area contributed by atoms with Crippen LogP contribution in [0.25, 0.3) is 0 Å². The van der Waals surface area contributed by atoms with Crippen molar-refractivity contribution in [2.75, 3.05) is 18.5 Å². The van der Waals surface area contributed by atoms with E-state index in [-0.39, 0.29) is 11.9 Å². The van der Waals surface area contributed by atoms with Crippen LogP contribution in [0.1, 0.15) is 32.4 Å². The van der Waals surface area contributed by atoms with Crippen molar-refractivity contribution in [3.8, 4) is 0 Å². The molecule has 0 saturated heterocycles. The molecular formula is C13H19N3O3S. The number of nitrogens with zero attached hydrogens (tertiary/aromatic N) is 2. The number of hydrogen-bond acceptors (Lipinski definition) is 6. The Kier molecular flexibility index (Phi) is 5.08. The van der Waals surface area contributed by atoms with Gasteiger partial charge < -0.3 is 10.1 Å². The zero-order valence-electron chi connectivity index (χ0n) is 11.7. The van der Waals surface area contributed by atoms with Crippen LogP contribution in [0.4, 0.5) is 5.13 Å². The highest BCUT2D eigenvalue weighted by atomic mass is 32.1. The second-order valence-corrected chi connectivity index (χ2v) is 5.62. The maximum absolute atomic E-state index is 11.6. The third kappa shape index (κ3) is 4.57. The number of anilines is 1. The van der Waals surface area contributed by atoms with Gasteiger partial charge in [-0.1, -0.05) is 0 Å². The van der Waals surface area contributed by atoms with Crippen molar-refractivity contribution >= 4 is 28.3 Å². The highest BCUT2D eigenvalue weighted by Crippen LogP contribution is 2.28. The van der Waals surface area contributed by atoms with Gasteiger partial charge in [-0.05, 0) is 19.8 Å². The summed E-state index contributed by atoms with van der Waals surface area (Å²) in [4.78, 5) is 29.0. The Morgan fingerprint density at radius 2 is 2.30 bits per heavy atom. The topological polar surface area (TPSA) is 71.5 Å². The van der Waals surface area contributed by atoms with Gasteiger partial charge in [0.15, 0.2) is 5.13 Å². The van der Waals surface area contributed by atoms with Gasteiger partial charge in [-0.2, -0.15) is 0 Å². The molecule has 0 aliphatic heterocycles. The van der Waals surface area contributed by atoms with Crippen LogP contribution in [-0.2, 0) is 20.9 Å². The lowest BCUT2D eigenvalue weighted by molar-refractivity contribution is -0.144. The molecule has 0 aromatic carbocycles. The van der Waals surface area contributed by atoms with Crippen molar-refractivity contribution in [3.05, 3.63) is 11.1 Å². The molecule has 1 aliphatic carbocycles. The molecule has 0 bridgehead atoms. The summed E-state index contributed by atoms with van der Waals surface area (Å²) >= 11 is 1.40. The predicted octanol–water partition coefficient (Wildman–Crippen LogP) is 1.63. The zero-order valence-corrected chi connectivity index (χ0v) is 12.5. The van der Waals surface area contributed by atoms with E-state index in [0.29, 0.717) is 30.9 Å². The summed E-state index contributed by atoms with van der Waals surface area (Å²) in [5.41, 5.74) is 0.870. The average molecular weight is 297 g/mol. The summed E-state index contributed by atoms with van der Waals surface area (Å²) in [6.45, 7) is 4.57. The molecule has 1 amide bonds. The lowest BCUT2D eigenvalue weighted by Gasteiger charge is -2.19. The van der Waals surface area contributed by atoms with Crippen molar-refractivity contribution in [2.45, 2.75) is 39.3 Å². The van der Waals surface area contributed by atoms with Crippen molar-refractivity contribution in [3.63, 3.8) is 0 Å². The van der Waals surface area contributed by atoms with Crippen LogP contribution < -0.4 is 5.32 Å². The quantitative estimate of drug-likeness (QED) is 0.775. The van der Waals surface area contributed by atoms with Crippen LogP contribution in [0.5, 0.6) is 0 Å². The normalized spacial score (nSPS) is 14.3. The van der Waals surface area contributed by atoms with E-state index in [1.165, 1.54) is 18.3 Å². The number of ether oxygens (including phenoxy) is 1. The van der Waals surface area contributed by atoms with Crippen molar-refractivity contribution in [2.24, 2.45) is 0 Å². The van der Waals surface area contributed by atoms with Crippen LogP contribution in [-0.4, -0.2) is 41.0 Å². The van der Waals surface area contributed by atoms with Crippen molar-refractivity contribution in [1.29, 1.82) is 0 Å². The van der Waals surface area contributed by atoms with E-state index < -0.39 is 0 Å². The van der Waals surface area contributed by atoms with Crippen LogP contribution in [0, 0.1) is 0 Å². The van der Waals surface area contributed by atoms with E-state index in [0.717, 1.165) is 18.5 Å². The zero-order chi connectivity index (χ0) is 14.5. The Morgan fingerprint density at radius 1 is 1.55 bits per heavy atom. The minimum Gasteiger partial charge on any atom is -0.465 e. The molecule has 1 heterocycles. The fourth-order valence-electron chi connectivity index (χ4n) is 1.92. The lowest BCUT2D eigenvalue weighted by Crippen LogP contribution is -2.32. The molecule has 1 saturated carbocycles. The van der Waals surface area contributed by atoms with Crippen LogP contribution in [0.2, 0.25) is 0 Å². The van der Waals surface area contributed by atoms with Gasteiger partial charge in [0.1, 0.15) is 0 Å². The molecule has 1 aromatic heterocycles. The molecule has 2 rings (SSSR count). The number of hydrogen-bond donors (Lipinski definition) is 1. The fraction of sp³-hybridized carbons (Fsp3) is 0.615. The number of amides is 1. The molecule has 7 heteroatoms. The van der Waals surface area contributed by atoms with Gasteiger partial charge in [0, 0.05) is 24.9 Å². The molecule has 0 radical (unpaired) electrons. The standard InChI is InChI=1S/C13H19N3O3S/c1-3-19-12(18)7-16(11-4-5-11)6-10-8-20-13(15-10)14-9(2)17/h8,11H,3-7H2,1-2H3,(H,14,15,17). The van der Waals surface area contributed by atoms with E-state index in [1.54, 1.807) is 6.92 Å². The number of aromatic nitrogens is 1. The van der Waals surface area contributed by atoms with Gasteiger partial charge in [-0.15, -0.1) is 11.3 Å². The van der Waals surface area contributed by atoms with E-state index in [1.807, 2.05) is 5.38 Å². The van der Waals surface area contributed by atoms with Gasteiger partial charge in [-0.25, -0.2) is 4.98 Å². The summed E-state index contributed by atoms with van der Waals surface area (Å²) in [5, 5.41) is 5.17. The number of esters is 1. The molecule has 1 N–H and O–H groups in total. The number of thiazole rings is 1. The second-order valence-electron chi connectivity index (χ2n) is 4.77. The van der Waals surface area contributed by atoms with Gasteiger partial charge in [-0.3, -0.25) is 14.5 Å². The first-order chi connectivity index (χ1) is 9.58. The minimum atomic E-state index is -0.197. The molecule has 1 fully saturated rings. The summed E-state index contributed by atoms with van der Waals surface area (Å²) in [5.74, 6) is -0.326. The first kappa shape index (κ1) is 14.9.